The van der Waals surface area contributed by atoms with Crippen LogP contribution in [0.25, 0.3) is 10.9 Å². The van der Waals surface area contributed by atoms with E-state index in [2.05, 4.69) is 10.3 Å². The summed E-state index contributed by atoms with van der Waals surface area (Å²) in [7, 11) is 0. The number of aromatic nitrogens is 3. The molecule has 2 aromatic rings. The molecule has 3 atom stereocenters. The van der Waals surface area contributed by atoms with Crippen LogP contribution in [0.1, 0.15) is 39.2 Å². The summed E-state index contributed by atoms with van der Waals surface area (Å²) in [6.45, 7) is 4.15. The number of amides is 1. The maximum absolute atomic E-state index is 13.2. The molecule has 1 amide bonds. The first-order valence-electron chi connectivity index (χ1n) is 8.83. The zero-order valence-corrected chi connectivity index (χ0v) is 14.8. The lowest BCUT2D eigenvalue weighted by atomic mass is 9.97. The van der Waals surface area contributed by atoms with Gasteiger partial charge in [-0.05, 0) is 30.9 Å². The minimum atomic E-state index is -1.02. The SMILES string of the molecule is CC[C@H](C)[C@@H](C(=O)N1CCC[C@@H]1C(=O)O)n1nnc2ccccc2c1=O. The largest absolute Gasteiger partial charge is 0.480 e. The highest BCUT2D eigenvalue weighted by Crippen LogP contribution is 2.27. The van der Waals surface area contributed by atoms with Crippen molar-refractivity contribution in [3.63, 3.8) is 0 Å². The Kier molecular flexibility index (Phi) is 5.01. The normalized spacial score (nSPS) is 19.5. The molecule has 1 aliphatic rings. The molecule has 26 heavy (non-hydrogen) atoms. The van der Waals surface area contributed by atoms with Gasteiger partial charge in [0.2, 0.25) is 5.91 Å². The third kappa shape index (κ3) is 3.07. The molecular weight excluding hydrogens is 336 g/mol. The Morgan fingerprint density at radius 2 is 2.08 bits per heavy atom. The quantitative estimate of drug-likeness (QED) is 0.867. The fourth-order valence-electron chi connectivity index (χ4n) is 3.45. The van der Waals surface area contributed by atoms with Gasteiger partial charge in [-0.2, -0.15) is 4.68 Å². The summed E-state index contributed by atoms with van der Waals surface area (Å²) in [5.41, 5.74) is 0.0778. The number of carbonyl (C=O) groups is 2. The van der Waals surface area contributed by atoms with E-state index in [1.54, 1.807) is 24.3 Å². The Hall–Kier alpha value is -2.77. The molecule has 1 saturated heterocycles. The van der Waals surface area contributed by atoms with Crippen molar-refractivity contribution in [3.8, 4) is 0 Å². The molecule has 138 valence electrons. The second-order valence-corrected chi connectivity index (χ2v) is 6.71. The van der Waals surface area contributed by atoms with E-state index >= 15 is 0 Å². The topological polar surface area (TPSA) is 105 Å². The zero-order chi connectivity index (χ0) is 18.8. The lowest BCUT2D eigenvalue weighted by Crippen LogP contribution is -2.48. The average Bonchev–Trinajstić information content (AvgIpc) is 3.14. The summed E-state index contributed by atoms with van der Waals surface area (Å²) >= 11 is 0. The highest BCUT2D eigenvalue weighted by Gasteiger charge is 2.40. The van der Waals surface area contributed by atoms with Gasteiger partial charge in [0.25, 0.3) is 5.56 Å². The second kappa shape index (κ2) is 7.23. The summed E-state index contributed by atoms with van der Waals surface area (Å²) < 4.78 is 1.12. The molecule has 1 fully saturated rings. The molecule has 1 aromatic heterocycles. The van der Waals surface area contributed by atoms with Gasteiger partial charge in [-0.25, -0.2) is 4.79 Å². The van der Waals surface area contributed by atoms with Crippen molar-refractivity contribution in [2.75, 3.05) is 6.54 Å². The number of rotatable bonds is 5. The summed E-state index contributed by atoms with van der Waals surface area (Å²) in [6, 6.07) is 5.12. The van der Waals surface area contributed by atoms with E-state index in [0.29, 0.717) is 36.7 Å². The summed E-state index contributed by atoms with van der Waals surface area (Å²) in [4.78, 5) is 38.9. The van der Waals surface area contributed by atoms with E-state index in [9.17, 15) is 19.5 Å². The van der Waals surface area contributed by atoms with Crippen LogP contribution in [0.3, 0.4) is 0 Å². The Labute approximate surface area is 150 Å². The lowest BCUT2D eigenvalue weighted by Gasteiger charge is -2.29. The van der Waals surface area contributed by atoms with Crippen LogP contribution in [0, 0.1) is 5.92 Å². The Morgan fingerprint density at radius 3 is 2.77 bits per heavy atom. The number of benzene rings is 1. The number of carboxylic acids is 1. The summed E-state index contributed by atoms with van der Waals surface area (Å²) in [5.74, 6) is -1.59. The van der Waals surface area contributed by atoms with Gasteiger partial charge >= 0.3 is 5.97 Å². The number of aliphatic carboxylic acids is 1. The van der Waals surface area contributed by atoms with E-state index in [4.69, 9.17) is 0 Å². The summed E-state index contributed by atoms with van der Waals surface area (Å²) in [6.07, 6.45) is 1.70. The fraction of sp³-hybridized carbons (Fsp3) is 0.500. The van der Waals surface area contributed by atoms with E-state index in [0.717, 1.165) is 4.68 Å². The number of likely N-dealkylation sites (tertiary alicyclic amines) is 1. The van der Waals surface area contributed by atoms with E-state index in [-0.39, 0.29) is 17.4 Å². The molecule has 1 aliphatic heterocycles. The third-order valence-electron chi connectivity index (χ3n) is 5.11. The predicted octanol–water partition coefficient (Wildman–Crippen LogP) is 1.45. The first kappa shape index (κ1) is 18.0. The van der Waals surface area contributed by atoms with Gasteiger partial charge in [-0.15, -0.1) is 5.10 Å². The van der Waals surface area contributed by atoms with E-state index < -0.39 is 18.1 Å². The molecule has 0 bridgehead atoms. The van der Waals surface area contributed by atoms with Crippen molar-refractivity contribution >= 4 is 22.8 Å². The number of nitrogens with zero attached hydrogens (tertiary/aromatic N) is 4. The minimum absolute atomic E-state index is 0.189. The monoisotopic (exact) mass is 358 g/mol. The highest BCUT2D eigenvalue weighted by molar-refractivity contribution is 5.87. The Balaban J connectivity index is 2.07. The smallest absolute Gasteiger partial charge is 0.326 e. The number of carboxylic acid groups (broad SMARTS) is 1. The van der Waals surface area contributed by atoms with Gasteiger partial charge in [-0.1, -0.05) is 37.6 Å². The zero-order valence-electron chi connectivity index (χ0n) is 14.8. The molecule has 8 nitrogen and oxygen atoms in total. The second-order valence-electron chi connectivity index (χ2n) is 6.71. The van der Waals surface area contributed by atoms with Crippen LogP contribution < -0.4 is 5.56 Å². The average molecular weight is 358 g/mol. The Morgan fingerprint density at radius 1 is 1.35 bits per heavy atom. The summed E-state index contributed by atoms with van der Waals surface area (Å²) in [5, 5.41) is 17.8. The van der Waals surface area contributed by atoms with Crippen LogP contribution in [-0.4, -0.2) is 49.5 Å². The molecule has 1 aromatic carbocycles. The van der Waals surface area contributed by atoms with Crippen LogP contribution in [0.15, 0.2) is 29.1 Å². The standard InChI is InChI=1S/C18H22N4O4/c1-3-11(2)15(17(24)21-10-6-9-14(21)18(25)26)22-16(23)12-7-4-5-8-13(12)19-20-22/h4-5,7-8,11,14-15H,3,6,9-10H2,1-2H3,(H,25,26)/t11-,14+,15-/m0/s1. The van der Waals surface area contributed by atoms with Gasteiger partial charge in [-0.3, -0.25) is 9.59 Å². The number of carbonyl (C=O) groups excluding carboxylic acids is 1. The van der Waals surface area contributed by atoms with Gasteiger partial charge in [0.1, 0.15) is 17.6 Å². The molecule has 0 spiro atoms. The van der Waals surface area contributed by atoms with Gasteiger partial charge in [0.15, 0.2) is 0 Å². The van der Waals surface area contributed by atoms with E-state index in [1.807, 2.05) is 13.8 Å². The highest BCUT2D eigenvalue weighted by atomic mass is 16.4. The molecule has 0 saturated carbocycles. The number of hydrogen-bond donors (Lipinski definition) is 1. The van der Waals surface area contributed by atoms with Gasteiger partial charge in [0.05, 0.1) is 5.39 Å². The van der Waals surface area contributed by atoms with Crippen molar-refractivity contribution in [2.24, 2.45) is 5.92 Å². The molecule has 3 rings (SSSR count). The molecule has 0 radical (unpaired) electrons. The molecule has 8 heteroatoms. The maximum atomic E-state index is 13.2. The fourth-order valence-corrected chi connectivity index (χ4v) is 3.45. The first-order valence-corrected chi connectivity index (χ1v) is 8.83. The maximum Gasteiger partial charge on any atom is 0.326 e. The molecular formula is C18H22N4O4. The first-order chi connectivity index (χ1) is 12.5. The molecule has 0 unspecified atom stereocenters. The van der Waals surface area contributed by atoms with Crippen molar-refractivity contribution in [1.82, 2.24) is 19.9 Å². The van der Waals surface area contributed by atoms with Crippen molar-refractivity contribution in [2.45, 2.75) is 45.2 Å². The lowest BCUT2D eigenvalue weighted by molar-refractivity contribution is -0.150. The van der Waals surface area contributed by atoms with Crippen molar-refractivity contribution in [1.29, 1.82) is 0 Å². The molecule has 1 N–H and O–H groups in total. The molecule has 2 heterocycles. The van der Waals surface area contributed by atoms with Gasteiger partial charge < -0.3 is 10.0 Å². The van der Waals surface area contributed by atoms with Crippen molar-refractivity contribution in [3.05, 3.63) is 34.6 Å². The van der Waals surface area contributed by atoms with Crippen LogP contribution in [0.5, 0.6) is 0 Å². The Bertz CT molecular complexity index is 894. The van der Waals surface area contributed by atoms with Crippen LogP contribution in [0.2, 0.25) is 0 Å². The van der Waals surface area contributed by atoms with Crippen LogP contribution in [0.4, 0.5) is 0 Å². The van der Waals surface area contributed by atoms with Crippen molar-refractivity contribution < 1.29 is 14.7 Å². The van der Waals surface area contributed by atoms with Crippen LogP contribution >= 0.6 is 0 Å². The number of fused-ring (bicyclic) bond motifs is 1. The molecule has 0 aliphatic carbocycles. The van der Waals surface area contributed by atoms with Gasteiger partial charge in [0, 0.05) is 6.54 Å². The minimum Gasteiger partial charge on any atom is -0.480 e. The van der Waals surface area contributed by atoms with Crippen LogP contribution in [-0.2, 0) is 9.59 Å². The number of hydrogen-bond acceptors (Lipinski definition) is 5. The predicted molar refractivity (Wildman–Crippen MR) is 94.7 cm³/mol. The van der Waals surface area contributed by atoms with E-state index in [1.165, 1.54) is 4.90 Å². The third-order valence-corrected chi connectivity index (χ3v) is 5.11.